The average Bonchev–Trinajstić information content (AvgIpc) is 3.38. The van der Waals surface area contributed by atoms with E-state index in [2.05, 4.69) is 9.97 Å². The van der Waals surface area contributed by atoms with Crippen molar-refractivity contribution in [1.29, 1.82) is 0 Å². The molecule has 0 aliphatic carbocycles. The summed E-state index contributed by atoms with van der Waals surface area (Å²) in [6.07, 6.45) is 3.54. The number of rotatable bonds is 9. The monoisotopic (exact) mass is 697 g/mol. The molecule has 3 heterocycles. The molecule has 14 heteroatoms. The van der Waals surface area contributed by atoms with Gasteiger partial charge in [0.15, 0.2) is 9.96 Å². The molecular formula is C34H27N5O6S3. The molecule has 5 aromatic rings. The standard InChI is InChI=1S/C34H27N5O6S3/c1-4-45-32(42)28-29(21-8-6-5-7-9-21)37-34-38(30(28)22-11-13-23(46-3)14-12-22)31(41)26(48-34)18-20-10-15-25(24(17-20)39(43)44)47-33-35-19(2)16-27(40)36-33/h5-18,30H,4H2,1-3H3,(H,35,36,40)/b26-18+/t30-/m0/s1. The minimum atomic E-state index is -0.842. The Bertz CT molecular complexity index is 2330. The van der Waals surface area contributed by atoms with Crippen molar-refractivity contribution in [1.82, 2.24) is 14.5 Å². The number of aromatic amines is 1. The second-order valence-electron chi connectivity index (χ2n) is 10.5. The van der Waals surface area contributed by atoms with Crippen LogP contribution in [0.5, 0.6) is 0 Å². The number of thioether (sulfide) groups is 1. The van der Waals surface area contributed by atoms with Gasteiger partial charge >= 0.3 is 5.97 Å². The first-order valence-corrected chi connectivity index (χ1v) is 17.5. The van der Waals surface area contributed by atoms with Gasteiger partial charge in [0.2, 0.25) is 0 Å². The Balaban J connectivity index is 1.53. The van der Waals surface area contributed by atoms with Crippen molar-refractivity contribution in [2.24, 2.45) is 4.99 Å². The molecule has 1 aliphatic rings. The number of nitro groups is 1. The number of esters is 1. The second-order valence-corrected chi connectivity index (χ2v) is 13.4. The Morgan fingerprint density at radius 1 is 1.10 bits per heavy atom. The fourth-order valence-electron chi connectivity index (χ4n) is 5.25. The Hall–Kier alpha value is -5.05. The summed E-state index contributed by atoms with van der Waals surface area (Å²) in [5, 5.41) is 12.3. The van der Waals surface area contributed by atoms with Crippen LogP contribution in [0.25, 0.3) is 11.8 Å². The molecule has 242 valence electrons. The molecule has 1 N–H and O–H groups in total. The van der Waals surface area contributed by atoms with E-state index in [4.69, 9.17) is 9.73 Å². The van der Waals surface area contributed by atoms with Crippen LogP contribution in [-0.4, -0.2) is 38.3 Å². The van der Waals surface area contributed by atoms with Gasteiger partial charge in [0.25, 0.3) is 16.8 Å². The SMILES string of the molecule is CCOC(=O)C1=C(c2ccccc2)N=c2s/c(=C/c3ccc(Sc4nc(C)cc(=O)[nH]4)c([N+](=O)[O-])c3)c(=O)n2[C@H]1c1ccc(SC)cc1. The van der Waals surface area contributed by atoms with Crippen LogP contribution in [0.15, 0.2) is 114 Å². The summed E-state index contributed by atoms with van der Waals surface area (Å²) in [7, 11) is 0. The maximum atomic E-state index is 14.2. The Labute approximate surface area is 285 Å². The summed E-state index contributed by atoms with van der Waals surface area (Å²) in [5.74, 6) is -0.582. The van der Waals surface area contributed by atoms with E-state index in [1.807, 2.05) is 60.9 Å². The largest absolute Gasteiger partial charge is 0.463 e. The molecule has 48 heavy (non-hydrogen) atoms. The molecule has 0 saturated heterocycles. The summed E-state index contributed by atoms with van der Waals surface area (Å²) in [6, 6.07) is 22.0. The molecule has 11 nitrogen and oxygen atoms in total. The van der Waals surface area contributed by atoms with Crippen molar-refractivity contribution in [3.05, 3.63) is 147 Å². The zero-order valence-electron chi connectivity index (χ0n) is 25.8. The number of benzene rings is 3. The Morgan fingerprint density at radius 2 is 1.85 bits per heavy atom. The first-order valence-electron chi connectivity index (χ1n) is 14.6. The first-order chi connectivity index (χ1) is 23.2. The lowest BCUT2D eigenvalue weighted by Crippen LogP contribution is -2.40. The Kier molecular flexibility index (Phi) is 9.57. The van der Waals surface area contributed by atoms with Crippen LogP contribution in [0.1, 0.15) is 35.3 Å². The average molecular weight is 698 g/mol. The molecule has 0 saturated carbocycles. The van der Waals surface area contributed by atoms with Crippen LogP contribution in [0, 0.1) is 17.0 Å². The van der Waals surface area contributed by atoms with Crippen molar-refractivity contribution in [3.8, 4) is 0 Å². The van der Waals surface area contributed by atoms with Gasteiger partial charge in [-0.3, -0.25) is 24.3 Å². The number of fused-ring (bicyclic) bond motifs is 1. The number of nitrogens with zero attached hydrogens (tertiary/aromatic N) is 4. The number of carbonyl (C=O) groups excluding carboxylic acids is 1. The Morgan fingerprint density at radius 3 is 2.52 bits per heavy atom. The van der Waals surface area contributed by atoms with Gasteiger partial charge in [-0.2, -0.15) is 0 Å². The van der Waals surface area contributed by atoms with Crippen molar-refractivity contribution in [3.63, 3.8) is 0 Å². The molecular weight excluding hydrogens is 671 g/mol. The van der Waals surface area contributed by atoms with Crippen molar-refractivity contribution >= 4 is 58.3 Å². The van der Waals surface area contributed by atoms with E-state index in [1.165, 1.54) is 16.7 Å². The van der Waals surface area contributed by atoms with Gasteiger partial charge in [-0.1, -0.05) is 59.9 Å². The second kappa shape index (κ2) is 14.0. The van der Waals surface area contributed by atoms with Crippen molar-refractivity contribution < 1.29 is 14.5 Å². The lowest BCUT2D eigenvalue weighted by Gasteiger charge is -2.26. The number of carbonyl (C=O) groups is 1. The van der Waals surface area contributed by atoms with Crippen LogP contribution in [0.4, 0.5) is 5.69 Å². The van der Waals surface area contributed by atoms with E-state index < -0.39 is 22.5 Å². The number of hydrogen-bond acceptors (Lipinski definition) is 11. The topological polar surface area (TPSA) is 150 Å². The van der Waals surface area contributed by atoms with E-state index in [1.54, 1.807) is 43.8 Å². The maximum absolute atomic E-state index is 14.2. The van der Waals surface area contributed by atoms with Gasteiger partial charge in [0.05, 0.1) is 38.3 Å². The normalized spacial score (nSPS) is 14.4. The molecule has 0 radical (unpaired) electrons. The smallest absolute Gasteiger partial charge is 0.338 e. The number of ether oxygens (including phenoxy) is 1. The third kappa shape index (κ3) is 6.68. The van der Waals surface area contributed by atoms with Crippen LogP contribution >= 0.6 is 34.9 Å². The van der Waals surface area contributed by atoms with E-state index in [-0.39, 0.29) is 38.0 Å². The summed E-state index contributed by atoms with van der Waals surface area (Å²) in [6.45, 7) is 3.52. The highest BCUT2D eigenvalue weighted by Gasteiger charge is 2.35. The maximum Gasteiger partial charge on any atom is 0.338 e. The van der Waals surface area contributed by atoms with Gasteiger partial charge in [0.1, 0.15) is 0 Å². The molecule has 2 aromatic heterocycles. The number of H-pyrrole nitrogens is 1. The van der Waals surface area contributed by atoms with E-state index >= 15 is 0 Å². The highest BCUT2D eigenvalue weighted by atomic mass is 32.2. The molecule has 3 aromatic carbocycles. The highest BCUT2D eigenvalue weighted by molar-refractivity contribution is 7.99. The molecule has 6 rings (SSSR count). The third-order valence-corrected chi connectivity index (χ3v) is 10.0. The van der Waals surface area contributed by atoms with Crippen molar-refractivity contribution in [2.75, 3.05) is 12.9 Å². The van der Waals surface area contributed by atoms with Crippen LogP contribution in [0.2, 0.25) is 0 Å². The third-order valence-electron chi connectivity index (χ3n) is 7.34. The van der Waals surface area contributed by atoms with Gasteiger partial charge in [-0.05, 0) is 67.3 Å². The quantitative estimate of drug-likeness (QED) is 0.0729. The van der Waals surface area contributed by atoms with E-state index in [0.717, 1.165) is 28.0 Å². The summed E-state index contributed by atoms with van der Waals surface area (Å²) in [4.78, 5) is 64.7. The number of aromatic nitrogens is 3. The molecule has 0 bridgehead atoms. The fourth-order valence-corrected chi connectivity index (χ4v) is 7.58. The number of hydrogen-bond donors (Lipinski definition) is 1. The van der Waals surface area contributed by atoms with Gasteiger partial charge in [0, 0.05) is 28.3 Å². The minimum absolute atomic E-state index is 0.135. The van der Waals surface area contributed by atoms with Crippen molar-refractivity contribution in [2.45, 2.75) is 34.8 Å². The van der Waals surface area contributed by atoms with Crippen LogP contribution in [0.3, 0.4) is 0 Å². The summed E-state index contributed by atoms with van der Waals surface area (Å²) in [5.41, 5.74) is 1.94. The molecule has 0 fully saturated rings. The molecule has 0 amide bonds. The highest BCUT2D eigenvalue weighted by Crippen LogP contribution is 2.36. The first kappa shape index (κ1) is 32.9. The number of aryl methyl sites for hydroxylation is 1. The molecule has 1 atom stereocenters. The predicted molar refractivity (Wildman–Crippen MR) is 186 cm³/mol. The lowest BCUT2D eigenvalue weighted by atomic mass is 9.93. The zero-order valence-corrected chi connectivity index (χ0v) is 28.3. The number of nitro benzene ring substituents is 1. The molecule has 0 unspecified atom stereocenters. The zero-order chi connectivity index (χ0) is 33.9. The van der Waals surface area contributed by atoms with Gasteiger partial charge in [-0.25, -0.2) is 14.8 Å². The van der Waals surface area contributed by atoms with Crippen LogP contribution in [-0.2, 0) is 9.53 Å². The molecule has 1 aliphatic heterocycles. The van der Waals surface area contributed by atoms with E-state index in [9.17, 15) is 24.5 Å². The van der Waals surface area contributed by atoms with E-state index in [0.29, 0.717) is 32.9 Å². The fraction of sp³-hybridized carbons (Fsp3) is 0.147. The van der Waals surface area contributed by atoms with Gasteiger partial charge in [-0.15, -0.1) is 11.8 Å². The molecule has 0 spiro atoms. The summed E-state index contributed by atoms with van der Waals surface area (Å²) >= 11 is 3.67. The van der Waals surface area contributed by atoms with Gasteiger partial charge < -0.3 is 9.72 Å². The predicted octanol–water partition coefficient (Wildman–Crippen LogP) is 5.11. The summed E-state index contributed by atoms with van der Waals surface area (Å²) < 4.78 is 7.28. The number of thiazole rings is 1. The van der Waals surface area contributed by atoms with Crippen LogP contribution < -0.4 is 20.5 Å². The number of nitrogens with one attached hydrogen (secondary N) is 1. The lowest BCUT2D eigenvalue weighted by molar-refractivity contribution is -0.387. The minimum Gasteiger partial charge on any atom is -0.463 e.